The summed E-state index contributed by atoms with van der Waals surface area (Å²) in [5.74, 6) is 1.06. The van der Waals surface area contributed by atoms with Crippen molar-refractivity contribution in [2.24, 2.45) is 0 Å². The van der Waals surface area contributed by atoms with Gasteiger partial charge in [-0.05, 0) is 72.1 Å². The molecule has 4 aromatic rings. The van der Waals surface area contributed by atoms with E-state index in [1.807, 2.05) is 24.3 Å². The molecule has 4 aromatic carbocycles. The largest absolute Gasteiger partial charge is 0.268 e. The van der Waals surface area contributed by atoms with Crippen LogP contribution >= 0.6 is 0 Å². The maximum Gasteiger partial charge on any atom is 0.266 e. The van der Waals surface area contributed by atoms with Crippen molar-refractivity contribution in [1.29, 1.82) is 0 Å². The van der Waals surface area contributed by atoms with Gasteiger partial charge in [0.1, 0.15) is 0 Å². The van der Waals surface area contributed by atoms with Crippen LogP contribution in [-0.4, -0.2) is 23.6 Å². The van der Waals surface area contributed by atoms with E-state index in [1.165, 1.54) is 4.90 Å². The SMILES string of the molecule is C#Cc1ccc2c(c1)C(=O)N(c1ccc(Cc3ccc(N4C(=O)c5ccccc5C4=O)cc3)cc1)C2=O. The summed E-state index contributed by atoms with van der Waals surface area (Å²) in [5, 5.41) is 0. The summed E-state index contributed by atoms with van der Waals surface area (Å²) in [6, 6.07) is 26.1. The Morgan fingerprint density at radius 2 is 0.973 bits per heavy atom. The van der Waals surface area contributed by atoms with Gasteiger partial charge in [-0.15, -0.1) is 6.42 Å². The molecule has 0 unspecified atom stereocenters. The third-order valence-corrected chi connectivity index (χ3v) is 6.64. The van der Waals surface area contributed by atoms with E-state index >= 15 is 0 Å². The van der Waals surface area contributed by atoms with Crippen LogP contribution in [0.3, 0.4) is 0 Å². The van der Waals surface area contributed by atoms with Crippen LogP contribution in [0.25, 0.3) is 0 Å². The minimum absolute atomic E-state index is 0.308. The number of rotatable bonds is 4. The fourth-order valence-corrected chi connectivity index (χ4v) is 4.75. The molecule has 6 rings (SSSR count). The highest BCUT2D eigenvalue weighted by Gasteiger charge is 2.37. The van der Waals surface area contributed by atoms with Crippen LogP contribution in [-0.2, 0) is 6.42 Å². The fraction of sp³-hybridized carbons (Fsp3) is 0.0323. The third-order valence-electron chi connectivity index (χ3n) is 6.64. The molecule has 0 aromatic heterocycles. The van der Waals surface area contributed by atoms with E-state index in [9.17, 15) is 19.2 Å². The molecule has 0 spiro atoms. The molecule has 6 heteroatoms. The van der Waals surface area contributed by atoms with Crippen LogP contribution in [0.4, 0.5) is 11.4 Å². The number of hydrogen-bond donors (Lipinski definition) is 0. The van der Waals surface area contributed by atoms with Gasteiger partial charge in [-0.3, -0.25) is 19.2 Å². The van der Waals surface area contributed by atoms with E-state index in [0.717, 1.165) is 16.0 Å². The van der Waals surface area contributed by atoms with Crippen LogP contribution in [0.5, 0.6) is 0 Å². The molecule has 0 aliphatic carbocycles. The van der Waals surface area contributed by atoms with E-state index < -0.39 is 5.91 Å². The molecule has 0 saturated carbocycles. The molecular formula is C31H18N2O4. The molecule has 37 heavy (non-hydrogen) atoms. The van der Waals surface area contributed by atoms with Gasteiger partial charge in [0.05, 0.1) is 33.6 Å². The number of carbonyl (C=O) groups excluding carboxylic acids is 4. The van der Waals surface area contributed by atoms with Crippen molar-refractivity contribution in [3.63, 3.8) is 0 Å². The maximum atomic E-state index is 12.9. The van der Waals surface area contributed by atoms with Crippen molar-refractivity contribution in [3.05, 3.63) is 130 Å². The molecule has 0 atom stereocenters. The Bertz CT molecular complexity index is 1640. The fourth-order valence-electron chi connectivity index (χ4n) is 4.75. The Morgan fingerprint density at radius 1 is 0.541 bits per heavy atom. The Kier molecular flexibility index (Phi) is 5.06. The first kappa shape index (κ1) is 22.2. The Labute approximate surface area is 212 Å². The van der Waals surface area contributed by atoms with E-state index in [2.05, 4.69) is 5.92 Å². The second kappa shape index (κ2) is 8.43. The van der Waals surface area contributed by atoms with Crippen LogP contribution in [0.1, 0.15) is 58.1 Å². The second-order valence-electron chi connectivity index (χ2n) is 8.85. The highest BCUT2D eigenvalue weighted by Crippen LogP contribution is 2.31. The van der Waals surface area contributed by atoms with Gasteiger partial charge < -0.3 is 0 Å². The molecule has 4 amide bonds. The van der Waals surface area contributed by atoms with Gasteiger partial charge in [0.15, 0.2) is 0 Å². The topological polar surface area (TPSA) is 74.8 Å². The lowest BCUT2D eigenvalue weighted by atomic mass is 10.0. The molecule has 0 saturated heterocycles. The lowest BCUT2D eigenvalue weighted by Gasteiger charge is -2.15. The second-order valence-corrected chi connectivity index (χ2v) is 8.85. The molecule has 2 heterocycles. The number of terminal acetylenes is 1. The summed E-state index contributed by atoms with van der Waals surface area (Å²) in [6.45, 7) is 0. The monoisotopic (exact) mass is 482 g/mol. The summed E-state index contributed by atoms with van der Waals surface area (Å²) < 4.78 is 0. The number of amides is 4. The summed E-state index contributed by atoms with van der Waals surface area (Å²) in [6.07, 6.45) is 6.02. The highest BCUT2D eigenvalue weighted by atomic mass is 16.2. The van der Waals surface area contributed by atoms with Gasteiger partial charge in [0.25, 0.3) is 23.6 Å². The van der Waals surface area contributed by atoms with Gasteiger partial charge in [-0.2, -0.15) is 0 Å². The standard InChI is InChI=1S/C31H18N2O4/c1-2-19-11-16-26-27(18-19)31(37)33(30(26)36)23-14-9-21(10-15-23)17-20-7-12-22(13-8-20)32-28(34)24-5-3-4-6-25(24)29(32)35/h1,3-16,18H,17H2. The lowest BCUT2D eigenvalue weighted by Crippen LogP contribution is -2.29. The number of fused-ring (bicyclic) bond motifs is 2. The maximum absolute atomic E-state index is 12.9. The van der Waals surface area contributed by atoms with E-state index in [-0.39, 0.29) is 17.7 Å². The smallest absolute Gasteiger partial charge is 0.266 e. The van der Waals surface area contributed by atoms with Crippen molar-refractivity contribution in [2.75, 3.05) is 9.80 Å². The molecule has 2 aliphatic heterocycles. The summed E-state index contributed by atoms with van der Waals surface area (Å²) in [5.41, 5.74) is 4.97. The minimum atomic E-state index is -0.395. The first-order chi connectivity index (χ1) is 18.0. The average Bonchev–Trinajstić information content (AvgIpc) is 3.33. The Balaban J connectivity index is 1.18. The van der Waals surface area contributed by atoms with Gasteiger partial charge in [0, 0.05) is 5.56 Å². The summed E-state index contributed by atoms with van der Waals surface area (Å²) in [4.78, 5) is 53.5. The minimum Gasteiger partial charge on any atom is -0.268 e. The first-order valence-corrected chi connectivity index (χ1v) is 11.6. The van der Waals surface area contributed by atoms with Crippen molar-refractivity contribution in [3.8, 4) is 12.3 Å². The summed E-state index contributed by atoms with van der Waals surface area (Å²) >= 11 is 0. The van der Waals surface area contributed by atoms with Crippen molar-refractivity contribution in [2.45, 2.75) is 6.42 Å². The third kappa shape index (κ3) is 3.53. The Morgan fingerprint density at radius 3 is 1.43 bits per heavy atom. The van der Waals surface area contributed by atoms with Crippen LogP contribution in [0, 0.1) is 12.3 Å². The normalized spacial score (nSPS) is 14.1. The van der Waals surface area contributed by atoms with Crippen molar-refractivity contribution >= 4 is 35.0 Å². The zero-order chi connectivity index (χ0) is 25.7. The molecule has 0 N–H and O–H groups in total. The van der Waals surface area contributed by atoms with Gasteiger partial charge in [-0.25, -0.2) is 9.80 Å². The lowest BCUT2D eigenvalue weighted by molar-refractivity contribution is 0.0910. The number of nitrogens with zero attached hydrogens (tertiary/aromatic N) is 2. The Hall–Kier alpha value is -5.28. The summed E-state index contributed by atoms with van der Waals surface area (Å²) in [7, 11) is 0. The molecule has 176 valence electrons. The highest BCUT2D eigenvalue weighted by molar-refractivity contribution is 6.35. The molecule has 6 nitrogen and oxygen atoms in total. The van der Waals surface area contributed by atoms with Crippen molar-refractivity contribution in [1.82, 2.24) is 0 Å². The molecule has 0 bridgehead atoms. The first-order valence-electron chi connectivity index (χ1n) is 11.6. The number of hydrogen-bond acceptors (Lipinski definition) is 4. The predicted molar refractivity (Wildman–Crippen MR) is 139 cm³/mol. The number of benzene rings is 4. The molecule has 0 radical (unpaired) electrons. The van der Waals surface area contributed by atoms with Crippen LogP contribution in [0.15, 0.2) is 91.0 Å². The van der Waals surface area contributed by atoms with E-state index in [4.69, 9.17) is 6.42 Å². The predicted octanol–water partition coefficient (Wildman–Crippen LogP) is 4.86. The van der Waals surface area contributed by atoms with E-state index in [1.54, 1.807) is 66.7 Å². The number of carbonyl (C=O) groups is 4. The van der Waals surface area contributed by atoms with Gasteiger partial charge in [-0.1, -0.05) is 42.3 Å². The van der Waals surface area contributed by atoms with Crippen LogP contribution in [0.2, 0.25) is 0 Å². The quantitative estimate of drug-likeness (QED) is 0.308. The average molecular weight is 482 g/mol. The number of anilines is 2. The van der Waals surface area contributed by atoms with Crippen molar-refractivity contribution < 1.29 is 19.2 Å². The molecular weight excluding hydrogens is 464 g/mol. The van der Waals surface area contributed by atoms with Gasteiger partial charge in [0.2, 0.25) is 0 Å². The number of imide groups is 2. The zero-order valence-electron chi connectivity index (χ0n) is 19.5. The van der Waals surface area contributed by atoms with Gasteiger partial charge >= 0.3 is 0 Å². The molecule has 2 aliphatic rings. The molecule has 0 fully saturated rings. The van der Waals surface area contributed by atoms with E-state index in [0.29, 0.717) is 45.6 Å². The van der Waals surface area contributed by atoms with Crippen LogP contribution < -0.4 is 9.80 Å². The zero-order valence-corrected chi connectivity index (χ0v) is 19.5.